The van der Waals surface area contributed by atoms with Gasteiger partial charge < -0.3 is 19.7 Å². The van der Waals surface area contributed by atoms with E-state index < -0.39 is 11.7 Å². The molecule has 27 heavy (non-hydrogen) atoms. The fourth-order valence-corrected chi connectivity index (χ4v) is 3.88. The first-order chi connectivity index (χ1) is 12.9. The van der Waals surface area contributed by atoms with Gasteiger partial charge in [0.05, 0.1) is 0 Å². The molecule has 1 aromatic heterocycles. The van der Waals surface area contributed by atoms with Crippen molar-refractivity contribution in [2.45, 2.75) is 13.0 Å². The van der Waals surface area contributed by atoms with Crippen molar-refractivity contribution in [3.8, 4) is 0 Å². The number of nitrogens with zero attached hydrogens (tertiary/aromatic N) is 5. The molecule has 1 saturated heterocycles. The minimum atomic E-state index is -0.421. The second kappa shape index (κ2) is 6.64. The predicted octanol–water partition coefficient (Wildman–Crippen LogP) is 1.46. The predicted molar refractivity (Wildman–Crippen MR) is 95.7 cm³/mol. The topological polar surface area (TPSA) is 83.4 Å². The summed E-state index contributed by atoms with van der Waals surface area (Å²) >= 11 is 0. The zero-order valence-electron chi connectivity index (χ0n) is 15.2. The molecule has 0 spiro atoms. The minimum Gasteiger partial charge on any atom is -0.331 e. The van der Waals surface area contributed by atoms with Crippen LogP contribution in [0.2, 0.25) is 0 Å². The average molecular weight is 372 g/mol. The molecule has 3 heterocycles. The van der Waals surface area contributed by atoms with E-state index in [1.165, 1.54) is 18.2 Å². The van der Waals surface area contributed by atoms with E-state index in [0.717, 1.165) is 5.82 Å². The fraction of sp³-hybridized carbons (Fsp3) is 0.444. The Morgan fingerprint density at radius 2 is 1.96 bits per heavy atom. The van der Waals surface area contributed by atoms with Gasteiger partial charge in [0.1, 0.15) is 11.6 Å². The van der Waals surface area contributed by atoms with E-state index in [1.54, 1.807) is 25.1 Å². The largest absolute Gasteiger partial charge is 0.331 e. The van der Waals surface area contributed by atoms with Gasteiger partial charge in [0.25, 0.3) is 5.91 Å². The van der Waals surface area contributed by atoms with Gasteiger partial charge >= 0.3 is 6.03 Å². The number of urea groups is 1. The van der Waals surface area contributed by atoms with Gasteiger partial charge in [-0.3, -0.25) is 4.79 Å². The summed E-state index contributed by atoms with van der Waals surface area (Å²) in [5.74, 6) is 0.709. The van der Waals surface area contributed by atoms with Crippen molar-refractivity contribution >= 4 is 17.6 Å². The van der Waals surface area contributed by atoms with E-state index in [1.807, 2.05) is 9.47 Å². The summed E-state index contributed by atoms with van der Waals surface area (Å²) in [5.41, 5.74) is 0.370. The average Bonchev–Trinajstić information content (AvgIpc) is 3.21. The Bertz CT molecular complexity index is 896. The number of carbonyl (C=O) groups excluding carboxylic acids is 2. The van der Waals surface area contributed by atoms with Crippen LogP contribution in [0.1, 0.15) is 16.4 Å². The van der Waals surface area contributed by atoms with E-state index in [0.29, 0.717) is 37.7 Å². The Balaban J connectivity index is 1.50. The maximum Gasteiger partial charge on any atom is 0.319 e. The lowest BCUT2D eigenvalue weighted by Crippen LogP contribution is -2.37. The summed E-state index contributed by atoms with van der Waals surface area (Å²) in [7, 11) is 3.49. The van der Waals surface area contributed by atoms with Crippen molar-refractivity contribution in [2.75, 3.05) is 32.5 Å². The highest BCUT2D eigenvalue weighted by molar-refractivity contribution is 6.01. The number of hydrogen-bond donors (Lipinski definition) is 1. The third-order valence-electron chi connectivity index (χ3n) is 5.20. The molecule has 0 aliphatic carbocycles. The van der Waals surface area contributed by atoms with Crippen LogP contribution in [-0.4, -0.2) is 63.7 Å². The molecule has 2 atom stereocenters. The molecule has 1 aromatic carbocycles. The second-order valence-corrected chi connectivity index (χ2v) is 7.32. The van der Waals surface area contributed by atoms with Gasteiger partial charge in [-0.05, 0) is 30.0 Å². The second-order valence-electron chi connectivity index (χ2n) is 7.32. The van der Waals surface area contributed by atoms with Gasteiger partial charge in [-0.15, -0.1) is 10.2 Å². The van der Waals surface area contributed by atoms with Crippen LogP contribution in [0.4, 0.5) is 14.9 Å². The Morgan fingerprint density at radius 3 is 2.70 bits per heavy atom. The zero-order valence-corrected chi connectivity index (χ0v) is 15.2. The number of amides is 3. The molecule has 1 N–H and O–H groups in total. The number of benzene rings is 1. The number of aromatic nitrogens is 3. The van der Waals surface area contributed by atoms with E-state index >= 15 is 0 Å². The SMILES string of the molecule is CN(C)C(=O)N1C[C@H]2Cc3nnc(C(=O)Nc4cccc(F)c4)n3C[C@@H]2C1. The maximum atomic E-state index is 13.3. The lowest BCUT2D eigenvalue weighted by Gasteiger charge is -2.25. The highest BCUT2D eigenvalue weighted by Gasteiger charge is 2.41. The van der Waals surface area contributed by atoms with Crippen LogP contribution in [0, 0.1) is 17.7 Å². The van der Waals surface area contributed by atoms with E-state index in [9.17, 15) is 14.0 Å². The van der Waals surface area contributed by atoms with Gasteiger partial charge in [0.15, 0.2) is 0 Å². The highest BCUT2D eigenvalue weighted by atomic mass is 19.1. The summed E-state index contributed by atoms with van der Waals surface area (Å²) in [4.78, 5) is 28.2. The third kappa shape index (κ3) is 3.24. The number of halogens is 1. The number of rotatable bonds is 2. The van der Waals surface area contributed by atoms with Gasteiger partial charge in [0.2, 0.25) is 5.82 Å². The van der Waals surface area contributed by atoms with Crippen LogP contribution in [0.25, 0.3) is 0 Å². The first-order valence-electron chi connectivity index (χ1n) is 8.87. The van der Waals surface area contributed by atoms with E-state index in [2.05, 4.69) is 15.5 Å². The van der Waals surface area contributed by atoms with Crippen LogP contribution < -0.4 is 5.32 Å². The maximum absolute atomic E-state index is 13.3. The molecule has 2 aromatic rings. The molecule has 2 aliphatic heterocycles. The van der Waals surface area contributed by atoms with Gasteiger partial charge in [-0.25, -0.2) is 9.18 Å². The van der Waals surface area contributed by atoms with Crippen molar-refractivity contribution in [1.29, 1.82) is 0 Å². The Labute approximate surface area is 156 Å². The lowest BCUT2D eigenvalue weighted by molar-refractivity contribution is 0.100. The normalized spacial score (nSPS) is 20.8. The Hall–Kier alpha value is -2.97. The highest BCUT2D eigenvalue weighted by Crippen LogP contribution is 2.33. The standard InChI is InChI=1S/C18H21FN6O2/c1-23(2)18(27)24-8-11-6-15-21-22-16(25(15)10-12(11)9-24)17(26)20-14-5-3-4-13(19)7-14/h3-5,7,11-12H,6,8-10H2,1-2H3,(H,20,26)/t11-,12+/m1/s1. The summed E-state index contributed by atoms with van der Waals surface area (Å²) in [5, 5.41) is 10.9. The van der Waals surface area contributed by atoms with E-state index in [4.69, 9.17) is 0 Å². The molecule has 3 amide bonds. The van der Waals surface area contributed by atoms with E-state index in [-0.39, 0.29) is 17.8 Å². The molecular weight excluding hydrogens is 351 g/mol. The van der Waals surface area contributed by atoms with Crippen molar-refractivity contribution in [3.05, 3.63) is 41.7 Å². The molecule has 0 unspecified atom stereocenters. The molecule has 0 bridgehead atoms. The lowest BCUT2D eigenvalue weighted by atomic mass is 9.89. The number of likely N-dealkylation sites (tertiary alicyclic amines) is 1. The van der Waals surface area contributed by atoms with Gasteiger partial charge in [-0.1, -0.05) is 6.07 Å². The van der Waals surface area contributed by atoms with Crippen molar-refractivity contribution < 1.29 is 14.0 Å². The molecule has 4 rings (SSSR count). The summed E-state index contributed by atoms with van der Waals surface area (Å²) in [6.07, 6.45) is 0.683. The van der Waals surface area contributed by atoms with Crippen LogP contribution in [0.15, 0.2) is 24.3 Å². The molecule has 2 aliphatic rings. The Morgan fingerprint density at radius 1 is 1.19 bits per heavy atom. The summed E-state index contributed by atoms with van der Waals surface area (Å²) in [6, 6.07) is 5.72. The number of hydrogen-bond acceptors (Lipinski definition) is 4. The van der Waals surface area contributed by atoms with Crippen molar-refractivity contribution in [1.82, 2.24) is 24.6 Å². The Kier molecular flexibility index (Phi) is 4.29. The number of nitrogens with one attached hydrogen (secondary N) is 1. The molecule has 8 nitrogen and oxygen atoms in total. The van der Waals surface area contributed by atoms with Crippen LogP contribution in [0.5, 0.6) is 0 Å². The van der Waals surface area contributed by atoms with Crippen LogP contribution in [0.3, 0.4) is 0 Å². The molecule has 0 saturated carbocycles. The summed E-state index contributed by atoms with van der Waals surface area (Å²) in [6.45, 7) is 1.94. The molecule has 9 heteroatoms. The number of carbonyl (C=O) groups is 2. The van der Waals surface area contributed by atoms with Crippen LogP contribution in [-0.2, 0) is 13.0 Å². The molecule has 1 fully saturated rings. The molecular formula is C18H21FN6O2. The monoisotopic (exact) mass is 372 g/mol. The molecule has 0 radical (unpaired) electrons. The van der Waals surface area contributed by atoms with Crippen molar-refractivity contribution in [2.24, 2.45) is 11.8 Å². The quantitative estimate of drug-likeness (QED) is 0.865. The van der Waals surface area contributed by atoms with Crippen molar-refractivity contribution in [3.63, 3.8) is 0 Å². The minimum absolute atomic E-state index is 0.00392. The summed E-state index contributed by atoms with van der Waals surface area (Å²) < 4.78 is 15.1. The van der Waals surface area contributed by atoms with Gasteiger partial charge in [0, 0.05) is 45.8 Å². The fourth-order valence-electron chi connectivity index (χ4n) is 3.88. The zero-order chi connectivity index (χ0) is 19.1. The van der Waals surface area contributed by atoms with Gasteiger partial charge in [-0.2, -0.15) is 0 Å². The smallest absolute Gasteiger partial charge is 0.319 e. The molecule has 142 valence electrons. The first kappa shape index (κ1) is 17.4. The van der Waals surface area contributed by atoms with Crippen LogP contribution >= 0.6 is 0 Å². The first-order valence-corrected chi connectivity index (χ1v) is 8.87. The third-order valence-corrected chi connectivity index (χ3v) is 5.20. The number of fused-ring (bicyclic) bond motifs is 2. The number of anilines is 1.